The number of H-pyrrole nitrogens is 1. The highest BCUT2D eigenvalue weighted by Gasteiger charge is 2.31. The first-order chi connectivity index (χ1) is 10.5. The fourth-order valence-electron chi connectivity index (χ4n) is 2.70. The second kappa shape index (κ2) is 5.83. The van der Waals surface area contributed by atoms with Crippen LogP contribution in [0, 0.1) is 5.92 Å². The summed E-state index contributed by atoms with van der Waals surface area (Å²) in [4.78, 5) is 14.1. The highest BCUT2D eigenvalue weighted by Crippen LogP contribution is 2.21. The first-order valence-corrected chi connectivity index (χ1v) is 8.71. The summed E-state index contributed by atoms with van der Waals surface area (Å²) < 4.78 is 33.1. The average molecular weight is 322 g/mol. The number of pyridine rings is 1. The number of aromatic nitrogens is 1. The lowest BCUT2D eigenvalue weighted by Gasteiger charge is -2.17. The monoisotopic (exact) mass is 322 g/mol. The Hall–Kier alpha value is -1.70. The van der Waals surface area contributed by atoms with E-state index >= 15 is 0 Å². The fourth-order valence-corrected chi connectivity index (χ4v) is 4.02. The molecule has 6 nitrogen and oxygen atoms in total. The molecule has 1 aliphatic heterocycles. The summed E-state index contributed by atoms with van der Waals surface area (Å²) in [5.74, 6) is 0.201. The van der Waals surface area contributed by atoms with E-state index in [1.54, 1.807) is 18.2 Å². The lowest BCUT2D eigenvalue weighted by Crippen LogP contribution is -2.39. The van der Waals surface area contributed by atoms with E-state index in [0.717, 1.165) is 6.42 Å². The van der Waals surface area contributed by atoms with Crippen molar-refractivity contribution in [3.8, 4) is 0 Å². The molecule has 3 rings (SSSR count). The molecular weight excluding hydrogens is 304 g/mol. The molecule has 118 valence electrons. The standard InChI is InChI=1S/C15H18N2O4S/c1-2-10-8-21-9-14(10)17-22(19,20)12-4-5-13-11(7-12)3-6-15(18)16-13/h3-7,10,14,17H,2,8-9H2,1H3,(H,16,18). The maximum atomic E-state index is 12.5. The van der Waals surface area contributed by atoms with Crippen molar-refractivity contribution in [2.45, 2.75) is 24.3 Å². The first-order valence-electron chi connectivity index (χ1n) is 7.23. The Kier molecular flexibility index (Phi) is 4.03. The van der Waals surface area contributed by atoms with Crippen LogP contribution in [0.25, 0.3) is 10.9 Å². The van der Waals surface area contributed by atoms with Gasteiger partial charge in [0.1, 0.15) is 0 Å². The minimum atomic E-state index is -3.61. The van der Waals surface area contributed by atoms with Gasteiger partial charge in [-0.25, -0.2) is 13.1 Å². The van der Waals surface area contributed by atoms with Crippen molar-refractivity contribution < 1.29 is 13.2 Å². The van der Waals surface area contributed by atoms with Crippen molar-refractivity contribution in [2.24, 2.45) is 5.92 Å². The SMILES string of the molecule is CCC1COCC1NS(=O)(=O)c1ccc2[nH]c(=O)ccc2c1. The molecule has 2 unspecified atom stereocenters. The van der Waals surface area contributed by atoms with Crippen LogP contribution in [-0.2, 0) is 14.8 Å². The van der Waals surface area contributed by atoms with Crippen LogP contribution in [0.1, 0.15) is 13.3 Å². The molecule has 7 heteroatoms. The number of fused-ring (bicyclic) bond motifs is 1. The number of aromatic amines is 1. The molecule has 0 spiro atoms. The molecule has 0 radical (unpaired) electrons. The lowest BCUT2D eigenvalue weighted by molar-refractivity contribution is 0.183. The van der Waals surface area contributed by atoms with Gasteiger partial charge in [-0.15, -0.1) is 0 Å². The van der Waals surface area contributed by atoms with Crippen LogP contribution in [0.2, 0.25) is 0 Å². The van der Waals surface area contributed by atoms with E-state index in [-0.39, 0.29) is 22.4 Å². The van der Waals surface area contributed by atoms with Gasteiger partial charge in [0.05, 0.1) is 24.2 Å². The number of benzene rings is 1. The number of hydrogen-bond donors (Lipinski definition) is 2. The number of sulfonamides is 1. The number of ether oxygens (including phenoxy) is 1. The van der Waals surface area contributed by atoms with Gasteiger partial charge in [0.2, 0.25) is 15.6 Å². The van der Waals surface area contributed by atoms with Gasteiger partial charge >= 0.3 is 0 Å². The van der Waals surface area contributed by atoms with Gasteiger partial charge in [-0.05, 0) is 36.1 Å². The van der Waals surface area contributed by atoms with Gasteiger partial charge in [-0.2, -0.15) is 0 Å². The van der Waals surface area contributed by atoms with Crippen molar-refractivity contribution in [1.29, 1.82) is 0 Å². The smallest absolute Gasteiger partial charge is 0.248 e. The van der Waals surface area contributed by atoms with E-state index in [9.17, 15) is 13.2 Å². The molecule has 2 atom stereocenters. The second-order valence-electron chi connectivity index (χ2n) is 5.51. The van der Waals surface area contributed by atoms with Crippen LogP contribution in [-0.4, -0.2) is 32.7 Å². The Morgan fingerprint density at radius 3 is 2.86 bits per heavy atom. The van der Waals surface area contributed by atoms with E-state index in [1.807, 2.05) is 6.92 Å². The molecule has 0 aliphatic carbocycles. The summed E-state index contributed by atoms with van der Waals surface area (Å²) >= 11 is 0. The maximum absolute atomic E-state index is 12.5. The van der Waals surface area contributed by atoms with Gasteiger partial charge in [-0.3, -0.25) is 4.79 Å². The summed E-state index contributed by atoms with van der Waals surface area (Å²) in [6.07, 6.45) is 0.867. The normalized spacial score (nSPS) is 22.2. The zero-order chi connectivity index (χ0) is 15.7. The second-order valence-corrected chi connectivity index (χ2v) is 7.22. The number of rotatable bonds is 4. The van der Waals surface area contributed by atoms with E-state index in [1.165, 1.54) is 12.1 Å². The Bertz CT molecular complexity index is 844. The van der Waals surface area contributed by atoms with Crippen molar-refractivity contribution in [1.82, 2.24) is 9.71 Å². The van der Waals surface area contributed by atoms with Gasteiger partial charge in [0, 0.05) is 17.5 Å². The third-order valence-electron chi connectivity index (χ3n) is 4.03. The third-order valence-corrected chi connectivity index (χ3v) is 5.52. The largest absolute Gasteiger partial charge is 0.379 e. The van der Waals surface area contributed by atoms with Crippen LogP contribution >= 0.6 is 0 Å². The average Bonchev–Trinajstić information content (AvgIpc) is 2.93. The van der Waals surface area contributed by atoms with Crippen LogP contribution in [0.4, 0.5) is 0 Å². The molecule has 1 aromatic heterocycles. The summed E-state index contributed by atoms with van der Waals surface area (Å²) in [5.41, 5.74) is 0.400. The van der Waals surface area contributed by atoms with Crippen molar-refractivity contribution in [3.63, 3.8) is 0 Å². The zero-order valence-corrected chi connectivity index (χ0v) is 13.0. The summed E-state index contributed by atoms with van der Waals surface area (Å²) in [6, 6.07) is 7.46. The molecule has 1 aromatic carbocycles. The van der Waals surface area contributed by atoms with E-state index in [2.05, 4.69) is 9.71 Å². The van der Waals surface area contributed by atoms with E-state index < -0.39 is 10.0 Å². The predicted octanol–water partition coefficient (Wildman–Crippen LogP) is 1.23. The summed E-state index contributed by atoms with van der Waals surface area (Å²) in [5, 5.41) is 0.678. The molecule has 0 bridgehead atoms. The maximum Gasteiger partial charge on any atom is 0.248 e. The highest BCUT2D eigenvalue weighted by molar-refractivity contribution is 7.89. The van der Waals surface area contributed by atoms with Crippen molar-refractivity contribution >= 4 is 20.9 Å². The lowest BCUT2D eigenvalue weighted by atomic mass is 10.0. The summed E-state index contributed by atoms with van der Waals surface area (Å²) in [6.45, 7) is 3.01. The molecule has 1 fully saturated rings. The molecule has 0 saturated carbocycles. The molecule has 1 saturated heterocycles. The van der Waals surface area contributed by atoms with Crippen LogP contribution in [0.3, 0.4) is 0 Å². The van der Waals surface area contributed by atoms with Crippen LogP contribution in [0.15, 0.2) is 40.0 Å². The number of hydrogen-bond acceptors (Lipinski definition) is 4. The molecular formula is C15H18N2O4S. The number of nitrogens with one attached hydrogen (secondary N) is 2. The first kappa shape index (κ1) is 15.2. The minimum Gasteiger partial charge on any atom is -0.379 e. The Morgan fingerprint density at radius 1 is 1.27 bits per heavy atom. The van der Waals surface area contributed by atoms with E-state index in [4.69, 9.17) is 4.74 Å². The predicted molar refractivity (Wildman–Crippen MR) is 83.3 cm³/mol. The van der Waals surface area contributed by atoms with Crippen molar-refractivity contribution in [3.05, 3.63) is 40.7 Å². The summed E-state index contributed by atoms with van der Waals surface area (Å²) in [7, 11) is -3.61. The van der Waals surface area contributed by atoms with Crippen LogP contribution in [0.5, 0.6) is 0 Å². The molecule has 2 N–H and O–H groups in total. The molecule has 1 aliphatic rings. The Labute approximate surface area is 128 Å². The molecule has 22 heavy (non-hydrogen) atoms. The topological polar surface area (TPSA) is 88.3 Å². The fraction of sp³-hybridized carbons (Fsp3) is 0.400. The quantitative estimate of drug-likeness (QED) is 0.886. The van der Waals surface area contributed by atoms with Crippen molar-refractivity contribution in [2.75, 3.05) is 13.2 Å². The van der Waals surface area contributed by atoms with Crippen LogP contribution < -0.4 is 10.3 Å². The van der Waals surface area contributed by atoms with Gasteiger partial charge in [0.15, 0.2) is 0 Å². The van der Waals surface area contributed by atoms with E-state index in [0.29, 0.717) is 24.1 Å². The van der Waals surface area contributed by atoms with Gasteiger partial charge in [-0.1, -0.05) is 6.92 Å². The zero-order valence-electron chi connectivity index (χ0n) is 12.2. The minimum absolute atomic E-state index is 0.189. The molecule has 0 amide bonds. The highest BCUT2D eigenvalue weighted by atomic mass is 32.2. The Balaban J connectivity index is 1.91. The third kappa shape index (κ3) is 2.92. The molecule has 2 aromatic rings. The van der Waals surface area contributed by atoms with Gasteiger partial charge in [0.25, 0.3) is 0 Å². The Morgan fingerprint density at radius 2 is 2.09 bits per heavy atom. The molecule has 2 heterocycles. The van der Waals surface area contributed by atoms with Gasteiger partial charge < -0.3 is 9.72 Å².